The Hall–Kier alpha value is -4.21. The lowest BCUT2D eigenvalue weighted by molar-refractivity contribution is -0.584. The van der Waals surface area contributed by atoms with Crippen molar-refractivity contribution in [1.29, 1.82) is 0 Å². The van der Waals surface area contributed by atoms with Crippen LogP contribution >= 0.6 is 0 Å². The Morgan fingerprint density at radius 2 is 1.38 bits per heavy atom. The van der Waals surface area contributed by atoms with Crippen molar-refractivity contribution in [3.63, 3.8) is 0 Å². The smallest absolute Gasteiger partial charge is 0.407 e. The van der Waals surface area contributed by atoms with Gasteiger partial charge in [0.25, 0.3) is 0 Å². The van der Waals surface area contributed by atoms with Crippen LogP contribution in [0.3, 0.4) is 0 Å². The lowest BCUT2D eigenvalue weighted by Gasteiger charge is -2.56. The summed E-state index contributed by atoms with van der Waals surface area (Å²) in [5.74, 6) is -5.10. The fourth-order valence-electron chi connectivity index (χ4n) is 15.8. The van der Waals surface area contributed by atoms with E-state index in [4.69, 9.17) is 52.1 Å². The number of esters is 1. The first-order valence-electron chi connectivity index (χ1n) is 30.0. The molecule has 0 radical (unpaired) electrons. The van der Waals surface area contributed by atoms with Crippen LogP contribution in [0.1, 0.15) is 121 Å². The van der Waals surface area contributed by atoms with E-state index in [2.05, 4.69) is 25.2 Å². The number of amides is 1. The summed E-state index contributed by atoms with van der Waals surface area (Å²) >= 11 is 0. The summed E-state index contributed by atoms with van der Waals surface area (Å²) in [6.07, 6.45) is -3.57. The van der Waals surface area contributed by atoms with Gasteiger partial charge >= 0.3 is 12.1 Å². The van der Waals surface area contributed by atoms with Crippen molar-refractivity contribution in [2.75, 3.05) is 20.8 Å². The van der Waals surface area contributed by atoms with Crippen LogP contribution in [0.4, 0.5) is 4.79 Å². The van der Waals surface area contributed by atoms with Crippen LogP contribution in [0.25, 0.3) is 0 Å². The fourth-order valence-corrected chi connectivity index (χ4v) is 15.8. The average molecular weight is 1190 g/mol. The Bertz CT molecular complexity index is 2600. The van der Waals surface area contributed by atoms with Crippen molar-refractivity contribution in [2.24, 2.45) is 46.8 Å². The molecule has 27 unspecified atom stereocenters. The van der Waals surface area contributed by atoms with E-state index < -0.39 is 185 Å². The van der Waals surface area contributed by atoms with Crippen LogP contribution in [0.15, 0.2) is 58.4 Å². The number of carbonyl (C=O) groups is 3. The third kappa shape index (κ3) is 11.8. The Labute approximate surface area is 491 Å². The number of nitro groups is 1. The molecule has 1 saturated carbocycles. The Morgan fingerprint density at radius 1 is 0.762 bits per heavy atom. The standard InChI is InChI=1S/C61H90N2O21/c1-27-14-17-42(80-47-25-59(10,63(72)73)54(35(9)79-47)62-58(71)75-13)28(2)19-37-20-36(26-64)31(5)24-61(37)56(69)48(57(70)84-61)55(68)60(11)39(27)16-15-38-49(60)29(3)18-30(4)51(38)82-46-23-43(50(67)32(6)76-46)81-44-22-41(66)53(34(8)78-44)83-45-21-40(65)52(74-12)33(7)77-45/h14-16,19-20,29-35,37-47,49-54,64-68H,17-18,21-26H2,1-13H3,(H,62,71)/b27-14+,28-19-,55-48-. The van der Waals surface area contributed by atoms with Gasteiger partial charge in [-0.15, -0.1) is 0 Å². The number of allylic oxidation sites excluding steroid dienone is 3. The molecule has 6 fully saturated rings. The predicted octanol–water partition coefficient (Wildman–Crippen LogP) is 5.57. The van der Waals surface area contributed by atoms with E-state index in [-0.39, 0.29) is 57.0 Å². The zero-order chi connectivity index (χ0) is 61.2. The summed E-state index contributed by atoms with van der Waals surface area (Å²) in [6.45, 7) is 19.6. The largest absolute Gasteiger partial charge is 0.511 e. The molecule has 1 spiro atoms. The van der Waals surface area contributed by atoms with Gasteiger partial charge in [0.2, 0.25) is 11.3 Å². The van der Waals surface area contributed by atoms with E-state index in [1.54, 1.807) is 46.8 Å². The Morgan fingerprint density at radius 3 is 2.01 bits per heavy atom. The van der Waals surface area contributed by atoms with Gasteiger partial charge in [-0.3, -0.25) is 14.9 Å². The number of nitrogens with zero attached hydrogens (tertiary/aromatic N) is 1. The molecule has 0 aromatic rings. The highest BCUT2D eigenvalue weighted by atomic mass is 16.7. The molecule has 9 rings (SSSR count). The van der Waals surface area contributed by atoms with Crippen LogP contribution in [0.5, 0.6) is 0 Å². The topological polar surface area (TPSA) is 309 Å². The zero-order valence-electron chi connectivity index (χ0n) is 50.6. The minimum Gasteiger partial charge on any atom is -0.511 e. The zero-order valence-corrected chi connectivity index (χ0v) is 50.6. The number of methoxy groups -OCH3 is 2. The highest BCUT2D eigenvalue weighted by molar-refractivity contribution is 6.26. The first kappa shape index (κ1) is 64.3. The summed E-state index contributed by atoms with van der Waals surface area (Å²) in [6, 6.07) is -1.08. The number of Topliss-reactive ketones (excluding diaryl/α,β-unsaturated/α-hetero) is 1. The average Bonchev–Trinajstić information content (AvgIpc) is 2.80. The summed E-state index contributed by atoms with van der Waals surface area (Å²) in [4.78, 5) is 55.1. The molecule has 0 aromatic heterocycles. The summed E-state index contributed by atoms with van der Waals surface area (Å²) < 4.78 is 68.0. The van der Waals surface area contributed by atoms with Crippen molar-refractivity contribution < 1.29 is 96.9 Å². The normalized spacial score (nSPS) is 49.3. The highest BCUT2D eigenvalue weighted by Gasteiger charge is 2.64. The number of carbonyl (C=O) groups excluding carboxylic acids is 3. The van der Waals surface area contributed by atoms with E-state index in [0.717, 1.165) is 5.57 Å². The highest BCUT2D eigenvalue weighted by Crippen LogP contribution is 2.61. The van der Waals surface area contributed by atoms with Crippen molar-refractivity contribution >= 4 is 17.8 Å². The molecule has 23 nitrogen and oxygen atoms in total. The maximum atomic E-state index is 15.6. The molecular formula is C61H90N2O21. The summed E-state index contributed by atoms with van der Waals surface area (Å²) in [5, 5.41) is 72.9. The number of rotatable bonds is 12. The van der Waals surface area contributed by atoms with Crippen molar-refractivity contribution in [3.8, 4) is 0 Å². The molecule has 23 heteroatoms. The van der Waals surface area contributed by atoms with Crippen LogP contribution in [0.2, 0.25) is 0 Å². The minimum absolute atomic E-state index is 0.00457. The van der Waals surface area contributed by atoms with Crippen LogP contribution in [-0.4, -0.2) is 185 Å². The van der Waals surface area contributed by atoms with Crippen molar-refractivity contribution in [2.45, 2.75) is 237 Å². The molecular weight excluding hydrogens is 1100 g/mol. The van der Waals surface area contributed by atoms with Gasteiger partial charge in [-0.1, -0.05) is 63.6 Å². The van der Waals surface area contributed by atoms with Crippen LogP contribution < -0.4 is 5.32 Å². The van der Waals surface area contributed by atoms with E-state index in [1.807, 2.05) is 32.9 Å². The van der Waals surface area contributed by atoms with E-state index in [1.165, 1.54) is 21.1 Å². The van der Waals surface area contributed by atoms with Gasteiger partial charge in [0.1, 0.15) is 35.7 Å². The van der Waals surface area contributed by atoms with Gasteiger partial charge in [0.05, 0.1) is 75.1 Å². The molecule has 0 aromatic carbocycles. The second kappa shape index (κ2) is 25.1. The molecule has 27 atom stereocenters. The first-order valence-corrected chi connectivity index (χ1v) is 30.0. The van der Waals surface area contributed by atoms with E-state index in [0.29, 0.717) is 17.6 Å². The maximum absolute atomic E-state index is 15.6. The number of aliphatic hydroxyl groups is 5. The van der Waals surface area contributed by atoms with E-state index in [9.17, 15) is 45.2 Å². The van der Waals surface area contributed by atoms with E-state index >= 15 is 4.79 Å². The molecule has 84 heavy (non-hydrogen) atoms. The molecule has 5 saturated heterocycles. The molecule has 1 amide bonds. The predicted molar refractivity (Wildman–Crippen MR) is 298 cm³/mol. The molecule has 6 N–H and O–H groups in total. The number of hydrogen-bond donors (Lipinski definition) is 6. The van der Waals surface area contributed by atoms with Gasteiger partial charge in [0.15, 0.2) is 30.8 Å². The van der Waals surface area contributed by atoms with Crippen molar-refractivity contribution in [3.05, 3.63) is 68.5 Å². The minimum atomic E-state index is -1.82. The monoisotopic (exact) mass is 1190 g/mol. The van der Waals surface area contributed by atoms with Gasteiger partial charge in [0, 0.05) is 67.8 Å². The SMILES string of the molecule is COC(=O)NC1C(C)OC(OC2C/C=C(\C)C3C=CC4C(OC5CC(OC6CC(O)C(OC7CC(O)C(OC)C(C)O7)C(C)O6)C(O)C(C)O5)C(C)CC(C)C4C3(C)/C(O)=C3/C(=O)OC4(CC(C)C(CO)=CC4/C=C\2C)C3=O)CC1(C)[N+](=O)[O-]. The number of hydrogen-bond acceptors (Lipinski definition) is 21. The molecule has 2 bridgehead atoms. The first-order chi connectivity index (χ1) is 39.6. The molecule has 470 valence electrons. The number of ether oxygens (including phenoxy) is 11. The Kier molecular flexibility index (Phi) is 19.2. The Balaban J connectivity index is 1.01. The molecule has 5 aliphatic heterocycles. The summed E-state index contributed by atoms with van der Waals surface area (Å²) in [5.41, 5.74) is -3.37. The fraction of sp³-hybridized carbons (Fsp3) is 0.787. The lowest BCUT2D eigenvalue weighted by Crippen LogP contribution is -2.65. The third-order valence-corrected chi connectivity index (χ3v) is 20.3. The second-order valence-corrected chi connectivity index (χ2v) is 25.9. The van der Waals surface area contributed by atoms with Crippen LogP contribution in [0, 0.1) is 57.0 Å². The van der Waals surface area contributed by atoms with Crippen LogP contribution in [-0.2, 0) is 61.7 Å². The lowest BCUT2D eigenvalue weighted by atomic mass is 9.49. The van der Waals surface area contributed by atoms with Gasteiger partial charge in [-0.2, -0.15) is 0 Å². The number of fused-ring (bicyclic) bond motifs is 4. The van der Waals surface area contributed by atoms with Crippen molar-refractivity contribution in [1.82, 2.24) is 5.32 Å². The van der Waals surface area contributed by atoms with Gasteiger partial charge in [-0.25, -0.2) is 9.59 Å². The third-order valence-electron chi connectivity index (χ3n) is 20.3. The number of ketones is 1. The number of aliphatic hydroxyl groups excluding tert-OH is 5. The summed E-state index contributed by atoms with van der Waals surface area (Å²) in [7, 11) is 2.67. The quantitative estimate of drug-likeness (QED) is 0.0457. The molecule has 5 heterocycles. The number of alkyl carbamates (subject to hydrolysis) is 1. The van der Waals surface area contributed by atoms with Gasteiger partial charge in [-0.05, 0) is 89.2 Å². The second-order valence-electron chi connectivity index (χ2n) is 25.9. The van der Waals surface area contributed by atoms with Gasteiger partial charge < -0.3 is 83.0 Å². The molecule has 4 aliphatic carbocycles. The molecule has 9 aliphatic rings. The maximum Gasteiger partial charge on any atom is 0.407 e. The number of nitrogens with one attached hydrogen (secondary N) is 1.